The van der Waals surface area contributed by atoms with E-state index >= 15 is 0 Å². The van der Waals surface area contributed by atoms with Crippen molar-refractivity contribution >= 4 is 39.8 Å². The molecule has 0 radical (unpaired) electrons. The highest BCUT2D eigenvalue weighted by Crippen LogP contribution is 2.17. The van der Waals surface area contributed by atoms with Crippen molar-refractivity contribution in [2.45, 2.75) is 31.7 Å². The van der Waals surface area contributed by atoms with Gasteiger partial charge < -0.3 is 20.1 Å². The molecule has 0 aromatic heterocycles. The van der Waals surface area contributed by atoms with Crippen LogP contribution < -0.4 is 10.6 Å². The number of guanidine groups is 1. The van der Waals surface area contributed by atoms with Crippen LogP contribution in [0.3, 0.4) is 0 Å². The lowest BCUT2D eigenvalue weighted by molar-refractivity contribution is 0.0698. The number of ether oxygens (including phenoxy) is 2. The molecule has 7 nitrogen and oxygen atoms in total. The molecule has 9 heteroatoms. The number of benzene rings is 1. The molecular weight excluding hydrogens is 481 g/mol. The number of rotatable bonds is 11. The van der Waals surface area contributed by atoms with Crippen LogP contribution in [0, 0.1) is 6.92 Å². The molecule has 0 saturated carbocycles. The summed E-state index contributed by atoms with van der Waals surface area (Å²) in [7, 11) is -1.54. The van der Waals surface area contributed by atoms with E-state index in [4.69, 9.17) is 9.47 Å². The molecule has 0 spiro atoms. The monoisotopic (exact) mass is 513 g/mol. The smallest absolute Gasteiger partial charge is 0.191 e. The van der Waals surface area contributed by atoms with Crippen LogP contribution >= 0.6 is 24.0 Å². The molecular formula is C18H32IN3O4S. The normalized spacial score (nSPS) is 11.8. The van der Waals surface area contributed by atoms with Gasteiger partial charge in [0.25, 0.3) is 0 Å². The van der Waals surface area contributed by atoms with Crippen LogP contribution in [-0.4, -0.2) is 60.7 Å². The summed E-state index contributed by atoms with van der Waals surface area (Å²) in [5.41, 5.74) is 1.71. The molecule has 1 rings (SSSR count). The van der Waals surface area contributed by atoms with Crippen LogP contribution in [0.15, 0.2) is 28.1 Å². The molecule has 2 N–H and O–H groups in total. The number of sulfone groups is 1. The van der Waals surface area contributed by atoms with Gasteiger partial charge in [-0.15, -0.1) is 24.0 Å². The van der Waals surface area contributed by atoms with Gasteiger partial charge in [0.05, 0.1) is 24.7 Å². The molecule has 0 amide bonds. The van der Waals surface area contributed by atoms with Crippen molar-refractivity contribution in [3.8, 4) is 0 Å². The zero-order valence-corrected chi connectivity index (χ0v) is 19.7. The molecule has 1 aromatic carbocycles. The van der Waals surface area contributed by atoms with Gasteiger partial charge in [0, 0.05) is 33.1 Å². The molecule has 0 aliphatic carbocycles. The molecule has 27 heavy (non-hydrogen) atoms. The first kappa shape index (κ1) is 26.1. The van der Waals surface area contributed by atoms with Crippen LogP contribution in [0.2, 0.25) is 0 Å². The second-order valence-corrected chi connectivity index (χ2v) is 7.94. The number of nitrogens with one attached hydrogen (secondary N) is 2. The fourth-order valence-corrected chi connectivity index (χ4v) is 3.32. The predicted octanol–water partition coefficient (Wildman–Crippen LogP) is 2.12. The fourth-order valence-electron chi connectivity index (χ4n) is 2.36. The average molecular weight is 513 g/mol. The van der Waals surface area contributed by atoms with Gasteiger partial charge in [0.1, 0.15) is 0 Å². The lowest BCUT2D eigenvalue weighted by Gasteiger charge is -2.12. The highest BCUT2D eigenvalue weighted by molar-refractivity contribution is 14.0. The number of hydrogen-bond donors (Lipinski definition) is 2. The predicted molar refractivity (Wildman–Crippen MR) is 120 cm³/mol. The zero-order valence-electron chi connectivity index (χ0n) is 16.6. The Morgan fingerprint density at radius 2 is 1.93 bits per heavy atom. The van der Waals surface area contributed by atoms with Gasteiger partial charge in [-0.3, -0.25) is 0 Å². The maximum Gasteiger partial charge on any atom is 0.191 e. The molecule has 0 bridgehead atoms. The number of nitrogens with zero attached hydrogens (tertiary/aromatic N) is 1. The minimum atomic E-state index is -3.19. The number of halogens is 1. The Kier molecular flexibility index (Phi) is 13.7. The van der Waals surface area contributed by atoms with E-state index in [1.165, 1.54) is 6.26 Å². The van der Waals surface area contributed by atoms with Crippen molar-refractivity contribution in [1.29, 1.82) is 0 Å². The molecule has 0 aliphatic rings. The molecule has 156 valence electrons. The van der Waals surface area contributed by atoms with Gasteiger partial charge in [-0.05, 0) is 37.5 Å². The quantitative estimate of drug-likeness (QED) is 0.204. The van der Waals surface area contributed by atoms with Gasteiger partial charge >= 0.3 is 0 Å². The first-order valence-electron chi connectivity index (χ1n) is 8.77. The van der Waals surface area contributed by atoms with Crippen LogP contribution in [0.5, 0.6) is 0 Å². The second kappa shape index (κ2) is 14.1. The molecule has 0 fully saturated rings. The van der Waals surface area contributed by atoms with Crippen molar-refractivity contribution in [3.05, 3.63) is 29.3 Å². The van der Waals surface area contributed by atoms with E-state index in [1.54, 1.807) is 26.2 Å². The number of methoxy groups -OCH3 is 1. The fraction of sp³-hybridized carbons (Fsp3) is 0.611. The molecule has 0 aliphatic heterocycles. The Bertz CT molecular complexity index is 681. The molecule has 0 heterocycles. The van der Waals surface area contributed by atoms with Crippen molar-refractivity contribution in [3.63, 3.8) is 0 Å². The Balaban J connectivity index is 0.00000676. The van der Waals surface area contributed by atoms with Gasteiger partial charge in [-0.25, -0.2) is 13.4 Å². The Morgan fingerprint density at radius 1 is 1.19 bits per heavy atom. The van der Waals surface area contributed by atoms with Crippen molar-refractivity contribution < 1.29 is 17.9 Å². The van der Waals surface area contributed by atoms with E-state index in [1.807, 2.05) is 13.0 Å². The van der Waals surface area contributed by atoms with Gasteiger partial charge in [-0.1, -0.05) is 12.1 Å². The summed E-state index contributed by atoms with van der Waals surface area (Å²) < 4.78 is 33.7. The minimum Gasteiger partial charge on any atom is -0.382 e. The summed E-state index contributed by atoms with van der Waals surface area (Å²) in [5.74, 6) is 0.731. The highest BCUT2D eigenvalue weighted by Gasteiger charge is 2.10. The summed E-state index contributed by atoms with van der Waals surface area (Å²) in [6, 6.07) is 5.32. The maximum atomic E-state index is 11.7. The van der Waals surface area contributed by atoms with E-state index in [2.05, 4.69) is 15.6 Å². The lowest BCUT2D eigenvalue weighted by Crippen LogP contribution is -2.38. The molecule has 0 atom stereocenters. The molecule has 0 unspecified atom stereocenters. The Hall–Kier alpha value is -0.910. The Labute approximate surface area is 180 Å². The SMILES string of the molecule is CCNC(=NCc1ccc(S(C)(=O)=O)c(C)c1)NCCCOCCOC.I. The second-order valence-electron chi connectivity index (χ2n) is 5.95. The van der Waals surface area contributed by atoms with E-state index in [9.17, 15) is 8.42 Å². The maximum absolute atomic E-state index is 11.7. The zero-order chi connectivity index (χ0) is 19.4. The van der Waals surface area contributed by atoms with E-state index in [0.717, 1.165) is 36.6 Å². The van der Waals surface area contributed by atoms with E-state index in [-0.39, 0.29) is 24.0 Å². The van der Waals surface area contributed by atoms with Crippen molar-refractivity contribution in [2.75, 3.05) is 46.3 Å². The third-order valence-electron chi connectivity index (χ3n) is 3.59. The van der Waals surface area contributed by atoms with Gasteiger partial charge in [0.15, 0.2) is 15.8 Å². The highest BCUT2D eigenvalue weighted by atomic mass is 127. The van der Waals surface area contributed by atoms with Crippen molar-refractivity contribution in [1.82, 2.24) is 10.6 Å². The molecule has 0 saturated heterocycles. The lowest BCUT2D eigenvalue weighted by atomic mass is 10.1. The van der Waals surface area contributed by atoms with Crippen molar-refractivity contribution in [2.24, 2.45) is 4.99 Å². The first-order chi connectivity index (χ1) is 12.4. The summed E-state index contributed by atoms with van der Waals surface area (Å²) in [6.45, 7) is 7.69. The first-order valence-corrected chi connectivity index (χ1v) is 10.7. The third kappa shape index (κ3) is 10.9. The van der Waals surface area contributed by atoms with E-state index in [0.29, 0.717) is 31.3 Å². The average Bonchev–Trinajstić information content (AvgIpc) is 2.57. The largest absolute Gasteiger partial charge is 0.382 e. The van der Waals surface area contributed by atoms with Crippen LogP contribution in [0.1, 0.15) is 24.5 Å². The number of aliphatic imine (C=N–C) groups is 1. The van der Waals surface area contributed by atoms with Crippen LogP contribution in [-0.2, 0) is 25.9 Å². The standard InChI is InChI=1S/C18H31N3O4S.HI/c1-5-19-18(20-9-6-10-25-12-11-24-3)21-14-16-7-8-17(15(2)13-16)26(4,22)23;/h7-8,13H,5-6,9-12,14H2,1-4H3,(H2,19,20,21);1H. The summed E-state index contributed by atoms with van der Waals surface area (Å²) in [5, 5.41) is 6.46. The van der Waals surface area contributed by atoms with Crippen LogP contribution in [0.4, 0.5) is 0 Å². The summed E-state index contributed by atoms with van der Waals surface area (Å²) in [6.07, 6.45) is 2.09. The topological polar surface area (TPSA) is 89.0 Å². The minimum absolute atomic E-state index is 0. The number of hydrogen-bond acceptors (Lipinski definition) is 5. The molecule has 1 aromatic rings. The van der Waals surface area contributed by atoms with E-state index < -0.39 is 9.84 Å². The summed E-state index contributed by atoms with van der Waals surface area (Å²) >= 11 is 0. The van der Waals surface area contributed by atoms with Gasteiger partial charge in [0.2, 0.25) is 0 Å². The third-order valence-corrected chi connectivity index (χ3v) is 4.85. The Morgan fingerprint density at radius 3 is 2.52 bits per heavy atom. The van der Waals surface area contributed by atoms with Crippen LogP contribution in [0.25, 0.3) is 0 Å². The van der Waals surface area contributed by atoms with Gasteiger partial charge in [-0.2, -0.15) is 0 Å². The number of aryl methyl sites for hydroxylation is 1. The summed E-state index contributed by atoms with van der Waals surface area (Å²) in [4.78, 5) is 4.91.